The van der Waals surface area contributed by atoms with Crippen molar-refractivity contribution >= 4 is 27.1 Å². The molecular formula is C64H66. The minimum atomic E-state index is -0.0661. The Morgan fingerprint density at radius 1 is 0.547 bits per heavy atom. The van der Waals surface area contributed by atoms with Crippen LogP contribution in [0.25, 0.3) is 38.2 Å². The summed E-state index contributed by atoms with van der Waals surface area (Å²) >= 11 is 0. The Kier molecular flexibility index (Phi) is 14.5. The first-order chi connectivity index (χ1) is 31.0. The highest BCUT2D eigenvalue weighted by Crippen LogP contribution is 2.52. The molecule has 0 radical (unpaired) electrons. The van der Waals surface area contributed by atoms with E-state index in [9.17, 15) is 0 Å². The molecule has 0 heteroatoms. The zero-order chi connectivity index (χ0) is 45.4. The molecule has 0 aromatic heterocycles. The van der Waals surface area contributed by atoms with Gasteiger partial charge in [-0.25, -0.2) is 0 Å². The summed E-state index contributed by atoms with van der Waals surface area (Å²) in [5.74, 6) is 0.510. The van der Waals surface area contributed by atoms with Crippen LogP contribution in [0, 0.1) is 33.6 Å². The van der Waals surface area contributed by atoms with Crippen molar-refractivity contribution in [3.63, 3.8) is 0 Å². The monoisotopic (exact) mass is 835 g/mol. The number of hydrogen-bond acceptors (Lipinski definition) is 0. The van der Waals surface area contributed by atoms with Crippen LogP contribution in [0.15, 0.2) is 194 Å². The second kappa shape index (κ2) is 20.3. The van der Waals surface area contributed by atoms with Gasteiger partial charge in [0.15, 0.2) is 0 Å². The SMILES string of the molecule is C=CC1=C(c2ccc(Cc3cc4c(c5ccccc35)-c3ccc(Cc5cccc(C)c5)cc3C4(C)C)cc2C)C=CCC1C.CC.Cc1ccc2ccccc2c1.Cc1ccccc1. The first-order valence-electron chi connectivity index (χ1n) is 23.3. The fourth-order valence-electron chi connectivity index (χ4n) is 9.66. The fraction of sp³-hybridized carbons (Fsp3) is 0.219. The van der Waals surface area contributed by atoms with Crippen LogP contribution in [0.1, 0.15) is 102 Å². The molecule has 0 nitrogen and oxygen atoms in total. The summed E-state index contributed by atoms with van der Waals surface area (Å²) in [7, 11) is 0. The second-order valence-corrected chi connectivity index (χ2v) is 18.1. The lowest BCUT2D eigenvalue weighted by molar-refractivity contribution is 0.659. The molecular weight excluding hydrogens is 769 g/mol. The van der Waals surface area contributed by atoms with Crippen LogP contribution >= 0.6 is 0 Å². The Bertz CT molecular complexity index is 2970. The highest BCUT2D eigenvalue weighted by atomic mass is 14.4. The second-order valence-electron chi connectivity index (χ2n) is 18.1. The van der Waals surface area contributed by atoms with Gasteiger partial charge in [0.25, 0.3) is 0 Å². The van der Waals surface area contributed by atoms with Crippen LogP contribution in [0.3, 0.4) is 0 Å². The van der Waals surface area contributed by atoms with Gasteiger partial charge in [-0.3, -0.25) is 0 Å². The molecule has 0 saturated carbocycles. The van der Waals surface area contributed by atoms with E-state index in [1.807, 2.05) is 32.0 Å². The van der Waals surface area contributed by atoms with E-state index in [1.54, 1.807) is 0 Å². The molecule has 322 valence electrons. The van der Waals surface area contributed by atoms with E-state index in [2.05, 4.69) is 219 Å². The molecule has 0 amide bonds. The van der Waals surface area contributed by atoms with Crippen LogP contribution in [-0.4, -0.2) is 0 Å². The summed E-state index contributed by atoms with van der Waals surface area (Å²) < 4.78 is 0. The van der Waals surface area contributed by atoms with Crippen LogP contribution in [0.2, 0.25) is 0 Å². The van der Waals surface area contributed by atoms with Crippen molar-refractivity contribution in [2.75, 3.05) is 0 Å². The summed E-state index contributed by atoms with van der Waals surface area (Å²) in [4.78, 5) is 0. The number of benzene rings is 8. The average molecular weight is 835 g/mol. The largest absolute Gasteiger partial charge is 0.0988 e. The van der Waals surface area contributed by atoms with Gasteiger partial charge in [0.1, 0.15) is 0 Å². The smallest absolute Gasteiger partial charge is 0.0159 e. The molecule has 2 aliphatic carbocycles. The molecule has 0 N–H and O–H groups in total. The van der Waals surface area contributed by atoms with Crippen molar-refractivity contribution < 1.29 is 0 Å². The van der Waals surface area contributed by atoms with E-state index in [0.717, 1.165) is 19.3 Å². The van der Waals surface area contributed by atoms with Crippen molar-refractivity contribution in [3.8, 4) is 11.1 Å². The molecule has 0 spiro atoms. The summed E-state index contributed by atoms with van der Waals surface area (Å²) in [6, 6.07) is 59.9. The first-order valence-corrected chi connectivity index (χ1v) is 23.3. The highest BCUT2D eigenvalue weighted by Gasteiger charge is 2.37. The number of aryl methyl sites for hydroxylation is 4. The highest BCUT2D eigenvalue weighted by molar-refractivity contribution is 6.04. The number of fused-ring (bicyclic) bond motifs is 6. The molecule has 2 aliphatic rings. The summed E-state index contributed by atoms with van der Waals surface area (Å²) in [6.07, 6.45) is 9.62. The molecule has 8 aromatic rings. The third-order valence-corrected chi connectivity index (χ3v) is 13.0. The van der Waals surface area contributed by atoms with E-state index in [1.165, 1.54) is 105 Å². The molecule has 0 bridgehead atoms. The van der Waals surface area contributed by atoms with E-state index in [0.29, 0.717) is 5.92 Å². The minimum absolute atomic E-state index is 0.0661. The quantitative estimate of drug-likeness (QED) is 0.157. The van der Waals surface area contributed by atoms with Gasteiger partial charge in [0.2, 0.25) is 0 Å². The zero-order valence-electron chi connectivity index (χ0n) is 39.7. The topological polar surface area (TPSA) is 0 Å². The van der Waals surface area contributed by atoms with Gasteiger partial charge in [-0.05, 0) is 141 Å². The van der Waals surface area contributed by atoms with Crippen LogP contribution < -0.4 is 0 Å². The number of rotatable bonds is 6. The zero-order valence-corrected chi connectivity index (χ0v) is 39.7. The van der Waals surface area contributed by atoms with Crippen molar-refractivity contribution in [1.29, 1.82) is 0 Å². The van der Waals surface area contributed by atoms with Gasteiger partial charge in [0.05, 0.1) is 0 Å². The lowest BCUT2D eigenvalue weighted by Gasteiger charge is -2.24. The first kappa shape index (κ1) is 45.5. The van der Waals surface area contributed by atoms with Gasteiger partial charge < -0.3 is 0 Å². The molecule has 10 rings (SSSR count). The average Bonchev–Trinajstić information content (AvgIpc) is 3.52. The third kappa shape index (κ3) is 9.98. The van der Waals surface area contributed by atoms with Crippen LogP contribution in [0.5, 0.6) is 0 Å². The molecule has 0 heterocycles. The minimum Gasteiger partial charge on any atom is -0.0988 e. The predicted octanol–water partition coefficient (Wildman–Crippen LogP) is 17.6. The maximum absolute atomic E-state index is 4.13. The Balaban J connectivity index is 0.000000251. The Morgan fingerprint density at radius 3 is 1.86 bits per heavy atom. The van der Waals surface area contributed by atoms with E-state index < -0.39 is 0 Å². The van der Waals surface area contributed by atoms with E-state index in [-0.39, 0.29) is 5.41 Å². The molecule has 64 heavy (non-hydrogen) atoms. The van der Waals surface area contributed by atoms with E-state index in [4.69, 9.17) is 0 Å². The summed E-state index contributed by atoms with van der Waals surface area (Å²) in [5, 5.41) is 5.38. The lowest BCUT2D eigenvalue weighted by Crippen LogP contribution is -2.16. The maximum Gasteiger partial charge on any atom is 0.0159 e. The van der Waals surface area contributed by atoms with Gasteiger partial charge in [-0.1, -0.05) is 240 Å². The van der Waals surface area contributed by atoms with Crippen molar-refractivity contribution in [2.24, 2.45) is 5.92 Å². The normalized spacial score (nSPS) is 14.3. The molecule has 0 saturated heterocycles. The van der Waals surface area contributed by atoms with Crippen LogP contribution in [0.4, 0.5) is 0 Å². The third-order valence-electron chi connectivity index (χ3n) is 13.0. The fourth-order valence-corrected chi connectivity index (χ4v) is 9.66. The lowest BCUT2D eigenvalue weighted by atomic mass is 9.80. The maximum atomic E-state index is 4.13. The number of allylic oxidation sites excluding steroid dienone is 5. The molecule has 0 aliphatic heterocycles. The van der Waals surface area contributed by atoms with Crippen molar-refractivity contribution in [1.82, 2.24) is 0 Å². The summed E-state index contributed by atoms with van der Waals surface area (Å²) in [6.45, 7) is 23.9. The van der Waals surface area contributed by atoms with Gasteiger partial charge in [0, 0.05) is 5.41 Å². The standard InChI is InChI=1S/C44H42.C11H10.C7H8.C2H6/c1-7-35-29(3)13-11-17-38(35)36-20-18-32(23-30(36)4)25-34-27-42-43(39-16-9-8-15-37(34)39)40-21-19-33(26-41(40)44(42,5)6)24-31-14-10-12-28(2)22-31;1-9-6-7-10-4-2-3-5-11(10)8-9;1-7-5-3-2-4-6-7;1-2/h7-12,14-23,26-27,29H,1,13,24-25H2,2-6H3;2-8H,1H3;2-6H,1H3;1-2H3. The number of hydrogen-bond donors (Lipinski definition) is 0. The van der Waals surface area contributed by atoms with Gasteiger partial charge in [-0.15, -0.1) is 0 Å². The Morgan fingerprint density at radius 2 is 1.17 bits per heavy atom. The van der Waals surface area contributed by atoms with Crippen molar-refractivity contribution in [3.05, 3.63) is 255 Å². The van der Waals surface area contributed by atoms with E-state index >= 15 is 0 Å². The molecule has 8 aromatic carbocycles. The predicted molar refractivity (Wildman–Crippen MR) is 281 cm³/mol. The summed E-state index contributed by atoms with van der Waals surface area (Å²) in [5.41, 5.74) is 20.5. The van der Waals surface area contributed by atoms with Gasteiger partial charge in [-0.2, -0.15) is 0 Å². The molecule has 0 fully saturated rings. The van der Waals surface area contributed by atoms with Crippen LogP contribution in [-0.2, 0) is 18.3 Å². The Hall–Kier alpha value is -6.50. The van der Waals surface area contributed by atoms with Gasteiger partial charge >= 0.3 is 0 Å². The molecule has 1 atom stereocenters. The Labute approximate surface area is 384 Å². The molecule has 1 unspecified atom stereocenters. The van der Waals surface area contributed by atoms with Crippen molar-refractivity contribution in [2.45, 2.75) is 87.0 Å².